The van der Waals surface area contributed by atoms with Gasteiger partial charge in [-0.05, 0) is 72.7 Å². The summed E-state index contributed by atoms with van der Waals surface area (Å²) in [5.74, 6) is 5.63. The van der Waals surface area contributed by atoms with E-state index in [4.69, 9.17) is 18.6 Å². The maximum Gasteiger partial charge on any atom is 0.242 e. The quantitative estimate of drug-likeness (QED) is 0.202. The number of para-hydroxylation sites is 1. The molecule has 0 radical (unpaired) electrons. The van der Waals surface area contributed by atoms with Gasteiger partial charge < -0.3 is 18.6 Å². The largest absolute Gasteiger partial charge is 0.494 e. The summed E-state index contributed by atoms with van der Waals surface area (Å²) in [6.07, 6.45) is 11.3. The lowest BCUT2D eigenvalue weighted by Crippen LogP contribution is -2.25. The van der Waals surface area contributed by atoms with Crippen molar-refractivity contribution in [1.82, 2.24) is 19.7 Å². The maximum absolute atomic E-state index is 5.77. The number of benzene rings is 1. The Morgan fingerprint density at radius 3 is 2.29 bits per heavy atom. The molecule has 0 fully saturated rings. The molecule has 4 rings (SSSR count). The van der Waals surface area contributed by atoms with Gasteiger partial charge in [-0.25, -0.2) is 15.0 Å². The summed E-state index contributed by atoms with van der Waals surface area (Å²) in [4.78, 5) is 4.34. The van der Waals surface area contributed by atoms with Crippen LogP contribution in [0.15, 0.2) is 59.3 Å². The number of hydrogen-bond donors (Lipinski definition) is 0. The van der Waals surface area contributed by atoms with Gasteiger partial charge in [0.05, 0.1) is 27.6 Å². The van der Waals surface area contributed by atoms with Crippen LogP contribution in [0.1, 0.15) is 5.56 Å². The van der Waals surface area contributed by atoms with Gasteiger partial charge in [0, 0.05) is 24.6 Å². The number of rotatable bonds is 13. The van der Waals surface area contributed by atoms with Crippen LogP contribution in [0.5, 0.6) is 17.4 Å². The number of nitrogens with zero attached hydrogens (tertiary/aromatic N) is 5. The van der Waals surface area contributed by atoms with Crippen molar-refractivity contribution in [2.45, 2.75) is 6.42 Å². The van der Waals surface area contributed by atoms with E-state index in [2.05, 4.69) is 38.3 Å². The molecule has 11 heteroatoms. The molecule has 4 aromatic rings. The van der Waals surface area contributed by atoms with E-state index in [1.807, 2.05) is 53.2 Å². The molecule has 0 amide bonds. The summed E-state index contributed by atoms with van der Waals surface area (Å²) >= 11 is 1.72. The minimum absolute atomic E-state index is 0.570. The smallest absolute Gasteiger partial charge is 0.242 e. The van der Waals surface area contributed by atoms with Crippen LogP contribution >= 0.6 is 22.0 Å². The molecule has 38 heavy (non-hydrogen) atoms. The number of aryl methyl sites for hydroxylation is 1. The standard InChI is InChI=1S/C27H35N5O4S2/c1-33-21-9-7-10-22(34-2)25(21)32-26(23-11-8-16-36-23)29-30-27(32)31(15-18-38(4,5)6)37-17-14-20-12-13-24(35-3)28-19-20/h7-13,16,19H,14-15,17-18H2,1-6H3. The van der Waals surface area contributed by atoms with Gasteiger partial charge in [0.15, 0.2) is 5.76 Å². The van der Waals surface area contributed by atoms with Crippen LogP contribution in [-0.2, 0) is 6.42 Å². The maximum atomic E-state index is 5.77. The predicted octanol–water partition coefficient (Wildman–Crippen LogP) is 5.34. The molecule has 0 N–H and O–H groups in total. The van der Waals surface area contributed by atoms with Gasteiger partial charge in [-0.3, -0.25) is 8.87 Å². The van der Waals surface area contributed by atoms with Gasteiger partial charge >= 0.3 is 0 Å². The second-order valence-electron chi connectivity index (χ2n) is 9.34. The van der Waals surface area contributed by atoms with Gasteiger partial charge in [0.2, 0.25) is 17.7 Å². The second kappa shape index (κ2) is 12.5. The molecule has 3 aromatic heterocycles. The Kier molecular flexibility index (Phi) is 9.11. The topological polar surface area (TPSA) is 87.7 Å². The summed E-state index contributed by atoms with van der Waals surface area (Å²) in [5.41, 5.74) is 1.86. The summed E-state index contributed by atoms with van der Waals surface area (Å²) in [5, 5.41) is 9.25. The van der Waals surface area contributed by atoms with Crippen LogP contribution in [0.3, 0.4) is 0 Å². The summed E-state index contributed by atoms with van der Waals surface area (Å²) < 4.78 is 26.7. The Balaban J connectivity index is 1.74. The van der Waals surface area contributed by atoms with Crippen molar-refractivity contribution in [2.75, 3.05) is 62.5 Å². The normalized spacial score (nSPS) is 11.8. The highest BCUT2D eigenvalue weighted by molar-refractivity contribution is 8.32. The van der Waals surface area contributed by atoms with E-state index in [9.17, 15) is 0 Å². The molecule has 0 aliphatic rings. The Bertz CT molecular complexity index is 1280. The van der Waals surface area contributed by atoms with E-state index in [1.165, 1.54) is 0 Å². The molecular formula is C27H35N5O4S2. The number of ether oxygens (including phenoxy) is 3. The van der Waals surface area contributed by atoms with Crippen LogP contribution < -0.4 is 18.5 Å². The Morgan fingerprint density at radius 2 is 1.71 bits per heavy atom. The molecule has 0 saturated carbocycles. The average molecular weight is 558 g/mol. The third-order valence-electron chi connectivity index (χ3n) is 5.79. The van der Waals surface area contributed by atoms with Crippen molar-refractivity contribution in [3.05, 3.63) is 60.5 Å². The van der Waals surface area contributed by atoms with E-state index in [1.54, 1.807) is 39.5 Å². The molecule has 0 atom stereocenters. The van der Waals surface area contributed by atoms with Crippen molar-refractivity contribution in [3.63, 3.8) is 0 Å². The van der Waals surface area contributed by atoms with Gasteiger partial charge in [0.25, 0.3) is 0 Å². The number of hydrogen-bond acceptors (Lipinski definition) is 9. The second-order valence-corrected chi connectivity index (χ2v) is 15.0. The summed E-state index contributed by atoms with van der Waals surface area (Å²) in [6, 6.07) is 13.4. The number of pyridine rings is 1. The van der Waals surface area contributed by atoms with Gasteiger partial charge in [-0.2, -0.15) is 0 Å². The van der Waals surface area contributed by atoms with Gasteiger partial charge in [-0.15, -0.1) is 10.2 Å². The van der Waals surface area contributed by atoms with Crippen LogP contribution in [0.25, 0.3) is 17.3 Å². The molecule has 3 heterocycles. The molecule has 0 unspecified atom stereocenters. The Morgan fingerprint density at radius 1 is 0.947 bits per heavy atom. The van der Waals surface area contributed by atoms with Crippen molar-refractivity contribution < 1.29 is 18.6 Å². The summed E-state index contributed by atoms with van der Waals surface area (Å²) in [7, 11) is 4.16. The minimum Gasteiger partial charge on any atom is -0.494 e. The predicted molar refractivity (Wildman–Crippen MR) is 157 cm³/mol. The van der Waals surface area contributed by atoms with E-state index < -0.39 is 10.0 Å². The zero-order valence-electron chi connectivity index (χ0n) is 22.7. The number of aromatic nitrogens is 4. The van der Waals surface area contributed by atoms with Gasteiger partial charge in [0.1, 0.15) is 17.2 Å². The Labute approximate surface area is 230 Å². The first kappa shape index (κ1) is 27.7. The first-order chi connectivity index (χ1) is 18.3. The molecule has 1 aromatic carbocycles. The Hall–Kier alpha value is -3.31. The zero-order chi connectivity index (χ0) is 27.1. The van der Waals surface area contributed by atoms with Gasteiger partial charge in [-0.1, -0.05) is 12.1 Å². The fraction of sp³-hybridized carbons (Fsp3) is 0.370. The highest BCUT2D eigenvalue weighted by atomic mass is 32.3. The van der Waals surface area contributed by atoms with Crippen molar-refractivity contribution in [1.29, 1.82) is 0 Å². The van der Waals surface area contributed by atoms with Crippen LogP contribution in [-0.4, -0.2) is 77.9 Å². The lowest BCUT2D eigenvalue weighted by molar-refractivity contribution is 0.391. The SMILES string of the molecule is COc1ccc(CCSN(CCS(C)(C)C)c2nnc(-c3ccco3)n2-c2c(OC)cccc2OC)cn1. The van der Waals surface area contributed by atoms with Crippen LogP contribution in [0, 0.1) is 0 Å². The van der Waals surface area contributed by atoms with E-state index in [-0.39, 0.29) is 0 Å². The van der Waals surface area contributed by atoms with Crippen LogP contribution in [0.4, 0.5) is 5.95 Å². The number of furan rings is 1. The molecule has 9 nitrogen and oxygen atoms in total. The number of methoxy groups -OCH3 is 3. The molecule has 0 bridgehead atoms. The minimum atomic E-state index is -0.756. The monoisotopic (exact) mass is 557 g/mol. The number of anilines is 1. The molecule has 0 aliphatic carbocycles. The van der Waals surface area contributed by atoms with E-state index in [0.29, 0.717) is 34.9 Å². The average Bonchev–Trinajstić information content (AvgIpc) is 3.60. The molecular weight excluding hydrogens is 522 g/mol. The first-order valence-electron chi connectivity index (χ1n) is 12.1. The third-order valence-corrected chi connectivity index (χ3v) is 8.24. The van der Waals surface area contributed by atoms with Crippen molar-refractivity contribution in [3.8, 4) is 34.7 Å². The van der Waals surface area contributed by atoms with Crippen LogP contribution in [0.2, 0.25) is 0 Å². The lowest BCUT2D eigenvalue weighted by atomic mass is 10.2. The van der Waals surface area contributed by atoms with E-state index in [0.717, 1.165) is 35.7 Å². The molecule has 0 aliphatic heterocycles. The highest BCUT2D eigenvalue weighted by Gasteiger charge is 2.27. The fourth-order valence-corrected chi connectivity index (χ4v) is 5.64. The molecule has 0 spiro atoms. The zero-order valence-corrected chi connectivity index (χ0v) is 24.3. The van der Waals surface area contributed by atoms with E-state index >= 15 is 0 Å². The molecule has 0 saturated heterocycles. The van der Waals surface area contributed by atoms with Crippen molar-refractivity contribution in [2.24, 2.45) is 0 Å². The highest BCUT2D eigenvalue weighted by Crippen LogP contribution is 2.41. The lowest BCUT2D eigenvalue weighted by Gasteiger charge is -2.30. The summed E-state index contributed by atoms with van der Waals surface area (Å²) in [6.45, 7) is 0.804. The fourth-order valence-electron chi connectivity index (χ4n) is 3.79. The molecule has 204 valence electrons. The first-order valence-corrected chi connectivity index (χ1v) is 16.1. The van der Waals surface area contributed by atoms with Crippen molar-refractivity contribution >= 4 is 27.9 Å². The third kappa shape index (κ3) is 6.57.